The van der Waals surface area contributed by atoms with Crippen molar-refractivity contribution in [2.75, 3.05) is 11.1 Å². The van der Waals surface area contributed by atoms with Crippen LogP contribution >= 0.6 is 11.6 Å². The van der Waals surface area contributed by atoms with Gasteiger partial charge in [-0.2, -0.15) is 9.78 Å². The number of amides is 1. The third-order valence-corrected chi connectivity index (χ3v) is 5.25. The Bertz CT molecular complexity index is 1530. The van der Waals surface area contributed by atoms with Crippen molar-refractivity contribution in [2.24, 2.45) is 5.10 Å². The number of carbonyl (C=O) groups excluding carboxylic acids is 1. The molecule has 7 nitrogen and oxygen atoms in total. The van der Waals surface area contributed by atoms with Crippen molar-refractivity contribution in [3.63, 3.8) is 0 Å². The Kier molecular flexibility index (Phi) is 5.20. The second kappa shape index (κ2) is 8.33. The molecule has 33 heavy (non-hydrogen) atoms. The van der Waals surface area contributed by atoms with E-state index in [1.807, 2.05) is 18.2 Å². The number of nitrogens with one attached hydrogen (secondary N) is 1. The number of halogens is 2. The molecule has 162 valence electrons. The van der Waals surface area contributed by atoms with E-state index in [4.69, 9.17) is 17.3 Å². The van der Waals surface area contributed by atoms with E-state index in [-0.39, 0.29) is 17.2 Å². The number of benzene rings is 3. The predicted octanol–water partition coefficient (Wildman–Crippen LogP) is 5.09. The van der Waals surface area contributed by atoms with Gasteiger partial charge >= 0.3 is 0 Å². The number of hydrogen-bond donors (Lipinski definition) is 2. The Morgan fingerprint density at radius 3 is 2.36 bits per heavy atom. The van der Waals surface area contributed by atoms with Gasteiger partial charge in [0, 0.05) is 10.7 Å². The number of fused-ring (bicyclic) bond motifs is 2. The van der Waals surface area contributed by atoms with Crippen molar-refractivity contribution < 1.29 is 9.18 Å². The summed E-state index contributed by atoms with van der Waals surface area (Å²) < 4.78 is 14.6. The lowest BCUT2D eigenvalue weighted by Gasteiger charge is -2.05. The molecule has 0 bridgehead atoms. The highest BCUT2D eigenvalue weighted by Gasteiger charge is 2.24. The van der Waals surface area contributed by atoms with Gasteiger partial charge in [-0.15, -0.1) is 0 Å². The van der Waals surface area contributed by atoms with E-state index in [1.165, 1.54) is 23.0 Å². The lowest BCUT2D eigenvalue weighted by atomic mass is 10.2. The highest BCUT2D eigenvalue weighted by molar-refractivity contribution is 6.30. The van der Waals surface area contributed by atoms with Gasteiger partial charge in [0.15, 0.2) is 5.65 Å². The van der Waals surface area contributed by atoms with Crippen molar-refractivity contribution in [3.05, 3.63) is 94.8 Å². The summed E-state index contributed by atoms with van der Waals surface area (Å²) in [6.07, 6.45) is 1.51. The molecule has 3 N–H and O–H groups in total. The summed E-state index contributed by atoms with van der Waals surface area (Å²) in [5.74, 6) is -0.734. The molecule has 2 aromatic heterocycles. The van der Waals surface area contributed by atoms with Crippen LogP contribution in [-0.2, 0) is 0 Å². The first kappa shape index (κ1) is 20.6. The number of rotatable bonds is 4. The molecule has 1 amide bonds. The summed E-state index contributed by atoms with van der Waals surface area (Å²) in [6.45, 7) is 0. The molecule has 5 aromatic rings. The maximum absolute atomic E-state index is 13.2. The van der Waals surface area contributed by atoms with Crippen LogP contribution in [0, 0.1) is 5.82 Å². The molecule has 9 heteroatoms. The van der Waals surface area contributed by atoms with Crippen molar-refractivity contribution in [3.8, 4) is 0 Å². The molecule has 0 aliphatic heterocycles. The average Bonchev–Trinajstić information content (AvgIpc) is 3.09. The predicted molar refractivity (Wildman–Crippen MR) is 128 cm³/mol. The van der Waals surface area contributed by atoms with Crippen LogP contribution in [0.2, 0.25) is 5.02 Å². The van der Waals surface area contributed by atoms with E-state index in [1.54, 1.807) is 42.5 Å². The largest absolute Gasteiger partial charge is 0.383 e. The zero-order chi connectivity index (χ0) is 22.9. The molecular formula is C24H16ClFN6O. The molecule has 0 saturated heterocycles. The van der Waals surface area contributed by atoms with Crippen LogP contribution in [0.15, 0.2) is 77.9 Å². The molecule has 0 unspecified atom stereocenters. The quantitative estimate of drug-likeness (QED) is 0.366. The lowest BCUT2D eigenvalue weighted by Crippen LogP contribution is -2.14. The van der Waals surface area contributed by atoms with Gasteiger partial charge < -0.3 is 11.1 Å². The fourth-order valence-electron chi connectivity index (χ4n) is 3.39. The maximum atomic E-state index is 13.2. The van der Waals surface area contributed by atoms with E-state index in [9.17, 15) is 9.18 Å². The normalized spacial score (nSPS) is 11.5. The average molecular weight is 459 g/mol. The Balaban J connectivity index is 1.65. The first-order valence-electron chi connectivity index (χ1n) is 9.93. The van der Waals surface area contributed by atoms with Crippen molar-refractivity contribution >= 4 is 57.4 Å². The molecule has 0 spiro atoms. The molecule has 2 heterocycles. The van der Waals surface area contributed by atoms with Crippen molar-refractivity contribution in [1.29, 1.82) is 0 Å². The molecule has 0 atom stereocenters. The molecule has 3 aromatic carbocycles. The third kappa shape index (κ3) is 3.99. The fraction of sp³-hybridized carbons (Fsp3) is 0. The summed E-state index contributed by atoms with van der Waals surface area (Å²) in [6, 6.07) is 19.8. The lowest BCUT2D eigenvalue weighted by molar-refractivity contribution is 0.102. The number of nitrogens with zero attached hydrogens (tertiary/aromatic N) is 4. The minimum absolute atomic E-state index is 0.0742. The van der Waals surface area contributed by atoms with Crippen LogP contribution in [0.3, 0.4) is 0 Å². The van der Waals surface area contributed by atoms with Crippen LogP contribution in [0.25, 0.3) is 22.2 Å². The zero-order valence-electron chi connectivity index (χ0n) is 17.0. The van der Waals surface area contributed by atoms with Gasteiger partial charge in [0.25, 0.3) is 5.91 Å². The number of nitrogen functional groups attached to an aromatic ring is 1. The van der Waals surface area contributed by atoms with E-state index < -0.39 is 5.91 Å². The molecule has 0 fully saturated rings. The number of hydrogen-bond acceptors (Lipinski definition) is 5. The van der Waals surface area contributed by atoms with E-state index >= 15 is 0 Å². The Morgan fingerprint density at radius 1 is 1.00 bits per heavy atom. The van der Waals surface area contributed by atoms with Crippen molar-refractivity contribution in [2.45, 2.75) is 0 Å². The van der Waals surface area contributed by atoms with E-state index in [0.29, 0.717) is 38.5 Å². The SMILES string of the molecule is Nc1c(C(=O)Nc2ccc(Cl)cc2)c2nc3ccccc3nc2n1N=Cc1ccc(F)cc1. The van der Waals surface area contributed by atoms with Crippen LogP contribution in [0.5, 0.6) is 0 Å². The minimum atomic E-state index is -0.458. The highest BCUT2D eigenvalue weighted by atomic mass is 35.5. The minimum Gasteiger partial charge on any atom is -0.383 e. The zero-order valence-corrected chi connectivity index (χ0v) is 17.8. The van der Waals surface area contributed by atoms with Gasteiger partial charge in [0.05, 0.1) is 17.2 Å². The molecule has 0 aliphatic rings. The second-order valence-corrected chi connectivity index (χ2v) is 7.65. The fourth-order valence-corrected chi connectivity index (χ4v) is 3.51. The number of para-hydroxylation sites is 2. The van der Waals surface area contributed by atoms with Gasteiger partial charge in [-0.05, 0) is 54.1 Å². The smallest absolute Gasteiger partial charge is 0.261 e. The molecule has 0 aliphatic carbocycles. The van der Waals surface area contributed by atoms with Crippen LogP contribution in [0.1, 0.15) is 15.9 Å². The van der Waals surface area contributed by atoms with Gasteiger partial charge in [-0.25, -0.2) is 14.4 Å². The standard InChI is InChI=1S/C24H16ClFN6O/c25-15-7-11-17(12-8-15)29-24(33)20-21-23(31-19-4-2-1-3-18(19)30-21)32(22(20)27)28-13-14-5-9-16(26)10-6-14/h1-13H,27H2,(H,29,33). The summed E-state index contributed by atoms with van der Waals surface area (Å²) in [4.78, 5) is 22.5. The summed E-state index contributed by atoms with van der Waals surface area (Å²) >= 11 is 5.93. The van der Waals surface area contributed by atoms with E-state index in [2.05, 4.69) is 20.4 Å². The molecule has 0 saturated carbocycles. The van der Waals surface area contributed by atoms with Gasteiger partial charge in [-0.1, -0.05) is 35.9 Å². The van der Waals surface area contributed by atoms with Gasteiger partial charge in [0.2, 0.25) is 0 Å². The van der Waals surface area contributed by atoms with E-state index in [0.717, 1.165) is 0 Å². The summed E-state index contributed by atoms with van der Waals surface area (Å²) in [7, 11) is 0. The Labute approximate surface area is 192 Å². The summed E-state index contributed by atoms with van der Waals surface area (Å²) in [5, 5.41) is 7.77. The van der Waals surface area contributed by atoms with Gasteiger partial charge in [-0.3, -0.25) is 4.79 Å². The highest BCUT2D eigenvalue weighted by Crippen LogP contribution is 2.29. The first-order chi connectivity index (χ1) is 16.0. The second-order valence-electron chi connectivity index (χ2n) is 7.21. The van der Waals surface area contributed by atoms with Crippen LogP contribution in [-0.4, -0.2) is 26.8 Å². The third-order valence-electron chi connectivity index (χ3n) is 5.00. The van der Waals surface area contributed by atoms with Crippen LogP contribution < -0.4 is 11.1 Å². The molecule has 5 rings (SSSR count). The molecule has 0 radical (unpaired) electrons. The van der Waals surface area contributed by atoms with Crippen molar-refractivity contribution in [1.82, 2.24) is 14.6 Å². The number of aromatic nitrogens is 3. The number of carbonyl (C=O) groups is 1. The van der Waals surface area contributed by atoms with Gasteiger partial charge in [0.1, 0.15) is 22.7 Å². The maximum Gasteiger partial charge on any atom is 0.261 e. The summed E-state index contributed by atoms with van der Waals surface area (Å²) in [5.41, 5.74) is 9.61. The topological polar surface area (TPSA) is 98.2 Å². The van der Waals surface area contributed by atoms with Crippen LogP contribution in [0.4, 0.5) is 15.9 Å². The Hall–Kier alpha value is -4.30. The Morgan fingerprint density at radius 2 is 1.67 bits per heavy atom. The molecular weight excluding hydrogens is 443 g/mol. The monoisotopic (exact) mass is 458 g/mol. The first-order valence-corrected chi connectivity index (χ1v) is 10.3. The number of anilines is 2. The number of nitrogens with two attached hydrogens (primary N) is 1.